The molecule has 6 nitrogen and oxygen atoms in total. The minimum atomic E-state index is -3.44. The fourth-order valence-electron chi connectivity index (χ4n) is 8.46. The molecule has 0 aliphatic carbocycles. The molecule has 11 heteroatoms. The van der Waals surface area contributed by atoms with Crippen LogP contribution in [0.25, 0.3) is 31.9 Å². The van der Waals surface area contributed by atoms with Gasteiger partial charge >= 0.3 is 102 Å². The first-order valence-corrected chi connectivity index (χ1v) is 39.6. The van der Waals surface area contributed by atoms with Gasteiger partial charge in [-0.2, -0.15) is 0 Å². The van der Waals surface area contributed by atoms with Crippen molar-refractivity contribution < 1.29 is 0 Å². The summed E-state index contributed by atoms with van der Waals surface area (Å²) in [6, 6.07) is 108. The van der Waals surface area contributed by atoms with Crippen molar-refractivity contribution in [1.82, 2.24) is 0 Å². The van der Waals surface area contributed by atoms with Crippen molar-refractivity contribution in [2.45, 2.75) is 0 Å². The zero-order valence-corrected chi connectivity index (χ0v) is 45.9. The Balaban J connectivity index is 0.000000170. The third-order valence-corrected chi connectivity index (χ3v) is 35.9. The Hall–Kier alpha value is -6.82. The van der Waals surface area contributed by atoms with Gasteiger partial charge in [0.1, 0.15) is 57.0 Å². The summed E-state index contributed by atoms with van der Waals surface area (Å²) in [6.07, 6.45) is 0. The predicted octanol–water partition coefficient (Wildman–Crippen LogP) is 13.1. The Morgan fingerprint density at radius 1 is 0.225 bits per heavy atom. The van der Waals surface area contributed by atoms with E-state index < -0.39 is 33.2 Å². The molecule has 0 aliphatic rings. The van der Waals surface area contributed by atoms with Gasteiger partial charge in [0.2, 0.25) is 0 Å². The Morgan fingerprint density at radius 3 is 0.465 bits per heavy atom. The fourth-order valence-corrected chi connectivity index (χ4v) is 27.5. The molecule has 0 N–H and O–H groups in total. The van der Waals surface area contributed by atoms with Crippen LogP contribution in [0.15, 0.2) is 303 Å². The maximum atomic E-state index is 6.75. The van der Waals surface area contributed by atoms with Gasteiger partial charge in [-0.15, -0.1) is 0 Å². The first-order valence-electron chi connectivity index (χ1n) is 22.6. The summed E-state index contributed by atoms with van der Waals surface area (Å²) in [4.78, 5) is 3.00. The third kappa shape index (κ3) is 13.3. The van der Waals surface area contributed by atoms with Crippen molar-refractivity contribution in [3.8, 4) is 0 Å². The third-order valence-electron chi connectivity index (χ3n) is 11.4. The van der Waals surface area contributed by atoms with E-state index in [2.05, 4.69) is 243 Å². The molecule has 0 spiro atoms. The van der Waals surface area contributed by atoms with Crippen molar-refractivity contribution in [3.63, 3.8) is 0 Å². The number of rotatable bonds is 10. The van der Waals surface area contributed by atoms with Gasteiger partial charge in [-0.25, -0.2) is 0 Å². The van der Waals surface area contributed by atoms with Gasteiger partial charge < -0.3 is 22.1 Å². The second-order valence-electron chi connectivity index (χ2n) is 15.5. The molecule has 0 aromatic heterocycles. The van der Waals surface area contributed by atoms with Crippen LogP contribution in [0.1, 0.15) is 0 Å². The van der Waals surface area contributed by atoms with Crippen molar-refractivity contribution in [1.29, 1.82) is 0 Å². The number of halogens is 2. The van der Waals surface area contributed by atoms with E-state index >= 15 is 0 Å². The summed E-state index contributed by atoms with van der Waals surface area (Å²) in [6.45, 7) is 0. The number of benzene rings is 10. The molecule has 0 saturated carbocycles. The Morgan fingerprint density at radius 2 is 0.338 bits per heavy atom. The molecule has 0 unspecified atom stereocenters. The molecule has 348 valence electrons. The maximum Gasteiger partial charge on any atom is 0.144 e. The first-order chi connectivity index (χ1) is 34.9. The Kier molecular flexibility index (Phi) is 21.2. The fraction of sp³-hybridized carbons (Fsp3) is 0. The largest absolute Gasteiger partial charge is 0.373 e. The van der Waals surface area contributed by atoms with Crippen LogP contribution in [0, 0.1) is 0 Å². The summed E-state index contributed by atoms with van der Waals surface area (Å²) >= 11 is -3.44. The maximum absolute atomic E-state index is 6.75. The van der Waals surface area contributed by atoms with E-state index in [0.29, 0.717) is 0 Å². The second-order valence-corrected chi connectivity index (χ2v) is 42.9. The van der Waals surface area contributed by atoms with Crippen LogP contribution in [0.4, 0.5) is 0 Å². The standard InChI is InChI=1S/2C24H20P.2C6H5.2ClH.2N3.Pb/c2*1-5-13-21(14-6-1)25(22-15-7-2-8-16-22,23-17-9-3-10-18-23)24-19-11-4-12-20-24;2*1-2-4-6-5-3-1;;;2*1-3-2;/h2*1-20H;2*1-5H;2*1H;;;/q2*+1;;;;;2*-1;+2/p-2. The average molecular weight is 1200 g/mol. The van der Waals surface area contributed by atoms with E-state index in [0.717, 1.165) is 6.25 Å². The van der Waals surface area contributed by atoms with Crippen LogP contribution in [-0.4, -0.2) is 18.7 Å². The zero-order chi connectivity index (χ0) is 50.0. The minimum absolute atomic E-state index is 1.11. The Bertz CT molecular complexity index is 2580. The van der Waals surface area contributed by atoms with Gasteiger partial charge in [-0.1, -0.05) is 146 Å². The molecule has 0 heterocycles. The van der Waals surface area contributed by atoms with E-state index in [9.17, 15) is 0 Å². The van der Waals surface area contributed by atoms with Gasteiger partial charge in [-0.3, -0.25) is 9.82 Å². The quantitative estimate of drug-likeness (QED) is 0.0426. The first kappa shape index (κ1) is 53.5. The molecule has 10 aromatic carbocycles. The van der Waals surface area contributed by atoms with Gasteiger partial charge in [-0.05, 0) is 97.1 Å². The molecule has 0 aliphatic heterocycles. The minimum Gasteiger partial charge on any atom is -0.373 e. The molecule has 0 radical (unpaired) electrons. The van der Waals surface area contributed by atoms with E-state index in [1.165, 1.54) is 52.3 Å². The molecular weight excluding hydrogens is 1140 g/mol. The van der Waals surface area contributed by atoms with Gasteiger partial charge in [0.25, 0.3) is 0 Å². The number of nitrogens with zero attached hydrogens (tertiary/aromatic N) is 6. The molecule has 0 amide bonds. The van der Waals surface area contributed by atoms with E-state index in [4.69, 9.17) is 38.8 Å². The van der Waals surface area contributed by atoms with Crippen molar-refractivity contribution in [2.75, 3.05) is 0 Å². The zero-order valence-electron chi connectivity index (χ0n) is 38.7. The summed E-state index contributed by atoms with van der Waals surface area (Å²) in [5, 5.41) is 11.1. The summed E-state index contributed by atoms with van der Waals surface area (Å²) in [5.74, 6) is 0. The van der Waals surface area contributed by atoms with Crippen molar-refractivity contribution in [3.05, 3.63) is 335 Å². The second kappa shape index (κ2) is 28.1. The topological polar surface area (TPSA) is 117 Å². The average Bonchev–Trinajstić information content (AvgIpc) is 3.45. The molecule has 0 saturated heterocycles. The van der Waals surface area contributed by atoms with Gasteiger partial charge in [0.15, 0.2) is 0 Å². The van der Waals surface area contributed by atoms with Crippen molar-refractivity contribution >= 4 is 98.6 Å². The molecule has 0 atom stereocenters. The van der Waals surface area contributed by atoms with Crippen molar-refractivity contribution in [2.24, 2.45) is 0 Å². The van der Waals surface area contributed by atoms with Crippen LogP contribution in [-0.2, 0) is 0 Å². The number of hydrogen-bond donors (Lipinski definition) is 0. The predicted molar refractivity (Wildman–Crippen MR) is 312 cm³/mol. The molecule has 0 bridgehead atoms. The van der Waals surface area contributed by atoms with E-state index in [1.807, 2.05) is 60.7 Å². The van der Waals surface area contributed by atoms with Crippen LogP contribution in [0.2, 0.25) is 0 Å². The normalized spacial score (nSPS) is 10.5. The molecule has 10 rings (SSSR count). The van der Waals surface area contributed by atoms with Gasteiger partial charge in [0.05, 0.1) is 0 Å². The van der Waals surface area contributed by atoms with Crippen LogP contribution < -0.4 is 48.7 Å². The van der Waals surface area contributed by atoms with Gasteiger partial charge in [0, 0.05) is 0 Å². The van der Waals surface area contributed by atoms with Crippen LogP contribution >= 0.6 is 31.2 Å². The summed E-state index contributed by atoms with van der Waals surface area (Å²) in [5.41, 5.74) is 27.0. The summed E-state index contributed by atoms with van der Waals surface area (Å²) < 4.78 is 2.22. The van der Waals surface area contributed by atoms with Crippen LogP contribution in [0.5, 0.6) is 0 Å². The molecule has 0 fully saturated rings. The molecule has 10 aromatic rings. The SMILES string of the molecule is [Cl][Pb]([Cl])([c]1ccccc1)[c]1ccccc1.[N-]=[N+]=[N-].[N-]=[N+]=[N-].c1ccc([P+](c2ccccc2)(c2ccccc2)c2ccccc2)cc1.c1ccc([P+](c2ccccc2)(c2ccccc2)c2ccccc2)cc1. The summed E-state index contributed by atoms with van der Waals surface area (Å²) in [7, 11) is 9.34. The van der Waals surface area contributed by atoms with Crippen LogP contribution in [0.3, 0.4) is 0 Å². The molecular formula is C60H50Cl2N6P2Pb. The number of hydrogen-bond acceptors (Lipinski definition) is 0. The Labute approximate surface area is 430 Å². The molecule has 71 heavy (non-hydrogen) atoms. The monoisotopic (exact) mass is 1190 g/mol. The van der Waals surface area contributed by atoms with E-state index in [1.54, 1.807) is 0 Å². The smallest absolute Gasteiger partial charge is 0.144 e. The van der Waals surface area contributed by atoms with E-state index in [-0.39, 0.29) is 0 Å².